The van der Waals surface area contributed by atoms with Crippen molar-refractivity contribution < 1.29 is 4.92 Å². The normalized spacial score (nSPS) is 21.1. The van der Waals surface area contributed by atoms with Crippen molar-refractivity contribution >= 4 is 11.6 Å². The minimum absolute atomic E-state index is 0.0587. The van der Waals surface area contributed by atoms with Gasteiger partial charge >= 0.3 is 5.82 Å². The lowest BCUT2D eigenvalue weighted by atomic mass is 10.2. The van der Waals surface area contributed by atoms with Crippen LogP contribution >= 0.6 is 0 Å². The van der Waals surface area contributed by atoms with E-state index >= 15 is 0 Å². The van der Waals surface area contributed by atoms with Crippen LogP contribution in [0.4, 0.5) is 11.6 Å². The van der Waals surface area contributed by atoms with Crippen LogP contribution in [0.1, 0.15) is 6.92 Å². The molecule has 2 heterocycles. The average molecular weight is 225 g/mol. The number of anilines is 1. The van der Waals surface area contributed by atoms with Crippen molar-refractivity contribution in [3.63, 3.8) is 0 Å². The van der Waals surface area contributed by atoms with Crippen LogP contribution in [0.25, 0.3) is 0 Å². The summed E-state index contributed by atoms with van der Waals surface area (Å²) < 4.78 is 1.70. The lowest BCUT2D eigenvalue weighted by Gasteiger charge is -2.32. The molecule has 2 rings (SSSR count). The third-order valence-electron chi connectivity index (χ3n) is 2.73. The maximum atomic E-state index is 10.8. The lowest BCUT2D eigenvalue weighted by molar-refractivity contribution is -0.388. The van der Waals surface area contributed by atoms with E-state index in [1.54, 1.807) is 11.6 Å². The highest BCUT2D eigenvalue weighted by Gasteiger charge is 2.27. The summed E-state index contributed by atoms with van der Waals surface area (Å²) >= 11 is 0. The highest BCUT2D eigenvalue weighted by atomic mass is 16.6. The molecule has 0 spiro atoms. The Morgan fingerprint density at radius 1 is 1.69 bits per heavy atom. The van der Waals surface area contributed by atoms with Gasteiger partial charge in [-0.05, 0) is 16.8 Å². The van der Waals surface area contributed by atoms with Gasteiger partial charge in [0, 0.05) is 32.7 Å². The van der Waals surface area contributed by atoms with Crippen molar-refractivity contribution in [3.8, 4) is 0 Å². The summed E-state index contributed by atoms with van der Waals surface area (Å²) in [5.74, 6) is 0.537. The molecule has 16 heavy (non-hydrogen) atoms. The first-order valence-electron chi connectivity index (χ1n) is 5.23. The number of nitro groups is 1. The zero-order chi connectivity index (χ0) is 11.7. The number of piperazine rings is 1. The first-order chi connectivity index (χ1) is 7.59. The van der Waals surface area contributed by atoms with E-state index in [4.69, 9.17) is 0 Å². The van der Waals surface area contributed by atoms with Gasteiger partial charge in [0.2, 0.25) is 12.1 Å². The molecule has 1 aromatic rings. The molecule has 1 saturated heterocycles. The van der Waals surface area contributed by atoms with Crippen LogP contribution in [-0.4, -0.2) is 40.2 Å². The molecular formula is C9H15N5O2. The summed E-state index contributed by atoms with van der Waals surface area (Å²) in [4.78, 5) is 16.2. The molecule has 7 nitrogen and oxygen atoms in total. The molecule has 88 valence electrons. The van der Waals surface area contributed by atoms with Gasteiger partial charge in [-0.2, -0.15) is 0 Å². The molecular weight excluding hydrogens is 210 g/mol. The topological polar surface area (TPSA) is 76.2 Å². The van der Waals surface area contributed by atoms with Gasteiger partial charge in [-0.25, -0.2) is 0 Å². The first kappa shape index (κ1) is 10.9. The number of nitrogens with zero attached hydrogens (tertiary/aromatic N) is 4. The fourth-order valence-corrected chi connectivity index (χ4v) is 2.03. The Labute approximate surface area is 93.2 Å². The minimum atomic E-state index is -0.429. The van der Waals surface area contributed by atoms with Gasteiger partial charge in [-0.15, -0.1) is 0 Å². The molecule has 1 atom stereocenters. The van der Waals surface area contributed by atoms with Gasteiger partial charge in [0.15, 0.2) is 0 Å². The molecule has 7 heteroatoms. The summed E-state index contributed by atoms with van der Waals surface area (Å²) in [5, 5.41) is 14.1. The van der Waals surface area contributed by atoms with E-state index in [0.717, 1.165) is 19.6 Å². The number of aromatic nitrogens is 2. The van der Waals surface area contributed by atoms with Gasteiger partial charge in [-0.1, -0.05) is 0 Å². The zero-order valence-electron chi connectivity index (χ0n) is 9.38. The fourth-order valence-electron chi connectivity index (χ4n) is 2.03. The van der Waals surface area contributed by atoms with Crippen LogP contribution in [-0.2, 0) is 7.05 Å². The van der Waals surface area contributed by atoms with Crippen LogP contribution < -0.4 is 10.2 Å². The molecule has 1 fully saturated rings. The van der Waals surface area contributed by atoms with E-state index in [1.165, 1.54) is 6.33 Å². The standard InChI is InChI=1S/C9H15N5O2/c1-7-5-13(4-3-10-7)9-8(14(15)16)11-6-12(9)2/h6-7,10H,3-5H2,1-2H3/t7-/m1/s1. The zero-order valence-corrected chi connectivity index (χ0v) is 9.38. The van der Waals surface area contributed by atoms with Gasteiger partial charge in [0.1, 0.15) is 0 Å². The monoisotopic (exact) mass is 225 g/mol. The molecule has 0 radical (unpaired) electrons. The maximum absolute atomic E-state index is 10.8. The van der Waals surface area contributed by atoms with E-state index < -0.39 is 4.92 Å². The van der Waals surface area contributed by atoms with E-state index in [9.17, 15) is 10.1 Å². The van der Waals surface area contributed by atoms with Crippen LogP contribution in [0.2, 0.25) is 0 Å². The lowest BCUT2D eigenvalue weighted by Crippen LogP contribution is -2.49. The summed E-state index contributed by atoms with van der Waals surface area (Å²) in [5.41, 5.74) is 0. The smallest absolute Gasteiger partial charge is 0.358 e. The van der Waals surface area contributed by atoms with Gasteiger partial charge in [0.25, 0.3) is 0 Å². The van der Waals surface area contributed by atoms with Gasteiger partial charge in [-0.3, -0.25) is 4.57 Å². The molecule has 0 bridgehead atoms. The second-order valence-corrected chi connectivity index (χ2v) is 4.06. The Bertz CT molecular complexity index is 403. The Morgan fingerprint density at radius 2 is 2.44 bits per heavy atom. The third-order valence-corrected chi connectivity index (χ3v) is 2.73. The Hall–Kier alpha value is -1.63. The van der Waals surface area contributed by atoms with Gasteiger partial charge in [0.05, 0.1) is 0 Å². The fraction of sp³-hybridized carbons (Fsp3) is 0.667. The Balaban J connectivity index is 2.31. The SMILES string of the molecule is C[C@@H]1CN(c2c([N+](=O)[O-])ncn2C)CCN1. The number of hydrogen-bond acceptors (Lipinski definition) is 5. The van der Waals surface area contributed by atoms with E-state index in [2.05, 4.69) is 17.2 Å². The second-order valence-electron chi connectivity index (χ2n) is 4.06. The summed E-state index contributed by atoms with van der Waals surface area (Å²) in [6, 6.07) is 0.336. The van der Waals surface area contributed by atoms with Crippen LogP contribution in [0.15, 0.2) is 6.33 Å². The minimum Gasteiger partial charge on any atom is -0.358 e. The highest BCUT2D eigenvalue weighted by Crippen LogP contribution is 2.26. The number of imidazole rings is 1. The largest absolute Gasteiger partial charge is 0.406 e. The number of rotatable bonds is 2. The molecule has 0 amide bonds. The molecule has 0 aromatic carbocycles. The molecule has 0 saturated carbocycles. The van der Waals surface area contributed by atoms with E-state index in [1.807, 2.05) is 4.90 Å². The molecule has 1 N–H and O–H groups in total. The predicted molar refractivity (Wildman–Crippen MR) is 59.5 cm³/mol. The Morgan fingerprint density at radius 3 is 3.06 bits per heavy atom. The summed E-state index contributed by atoms with van der Waals surface area (Å²) in [7, 11) is 1.78. The number of hydrogen-bond donors (Lipinski definition) is 1. The van der Waals surface area contributed by atoms with Crippen molar-refractivity contribution in [2.24, 2.45) is 7.05 Å². The van der Waals surface area contributed by atoms with Crippen molar-refractivity contribution in [1.82, 2.24) is 14.9 Å². The molecule has 0 aliphatic carbocycles. The maximum Gasteiger partial charge on any atom is 0.406 e. The van der Waals surface area contributed by atoms with Crippen molar-refractivity contribution in [1.29, 1.82) is 0 Å². The van der Waals surface area contributed by atoms with E-state index in [0.29, 0.717) is 11.9 Å². The van der Waals surface area contributed by atoms with Gasteiger partial charge < -0.3 is 20.3 Å². The summed E-state index contributed by atoms with van der Waals surface area (Å²) in [6.07, 6.45) is 1.49. The molecule has 1 aromatic heterocycles. The van der Waals surface area contributed by atoms with Crippen LogP contribution in [0.5, 0.6) is 0 Å². The van der Waals surface area contributed by atoms with E-state index in [-0.39, 0.29) is 5.82 Å². The molecule has 1 aliphatic heterocycles. The summed E-state index contributed by atoms with van der Waals surface area (Å²) in [6.45, 7) is 4.43. The Kier molecular flexibility index (Phi) is 2.78. The molecule has 1 aliphatic rings. The molecule has 0 unspecified atom stereocenters. The number of aryl methyl sites for hydroxylation is 1. The number of nitrogens with one attached hydrogen (secondary N) is 1. The quantitative estimate of drug-likeness (QED) is 0.571. The first-order valence-corrected chi connectivity index (χ1v) is 5.23. The predicted octanol–water partition coefficient (Wildman–Crippen LogP) is 0.126. The average Bonchev–Trinajstić information content (AvgIpc) is 2.60. The van der Waals surface area contributed by atoms with Crippen LogP contribution in [0.3, 0.4) is 0 Å². The van der Waals surface area contributed by atoms with Crippen molar-refractivity contribution in [2.75, 3.05) is 24.5 Å². The highest BCUT2D eigenvalue weighted by molar-refractivity contribution is 5.55. The van der Waals surface area contributed by atoms with Crippen LogP contribution in [0, 0.1) is 10.1 Å². The van der Waals surface area contributed by atoms with Crippen molar-refractivity contribution in [3.05, 3.63) is 16.4 Å². The van der Waals surface area contributed by atoms with Crippen molar-refractivity contribution in [2.45, 2.75) is 13.0 Å². The second kappa shape index (κ2) is 4.09. The third kappa shape index (κ3) is 1.85.